The first-order valence-corrected chi connectivity index (χ1v) is 12.1. The van der Waals surface area contributed by atoms with Gasteiger partial charge in [-0.3, -0.25) is 0 Å². The van der Waals surface area contributed by atoms with Crippen molar-refractivity contribution >= 4 is 17.8 Å². The molecule has 7 heteroatoms. The van der Waals surface area contributed by atoms with Crippen LogP contribution in [0.4, 0.5) is 9.59 Å². The number of nitrogens with one attached hydrogen (secondary N) is 1. The minimum Gasteiger partial charge on any atom is -0.497 e. The van der Waals surface area contributed by atoms with Crippen LogP contribution in [0.5, 0.6) is 5.75 Å². The van der Waals surface area contributed by atoms with Gasteiger partial charge in [0.2, 0.25) is 0 Å². The summed E-state index contributed by atoms with van der Waals surface area (Å²) in [5, 5.41) is 2.94. The van der Waals surface area contributed by atoms with Crippen molar-refractivity contribution < 1.29 is 23.8 Å². The van der Waals surface area contributed by atoms with E-state index in [2.05, 4.69) is 11.9 Å². The van der Waals surface area contributed by atoms with Gasteiger partial charge in [0.15, 0.2) is 0 Å². The molecule has 2 aromatic rings. The van der Waals surface area contributed by atoms with E-state index in [0.29, 0.717) is 25.3 Å². The lowest BCUT2D eigenvalue weighted by Crippen LogP contribution is -2.43. The van der Waals surface area contributed by atoms with Crippen LogP contribution in [-0.4, -0.2) is 48.0 Å². The molecule has 0 aliphatic carbocycles. The Bertz CT molecular complexity index is 1020. The molecule has 7 nitrogen and oxygen atoms in total. The van der Waals surface area contributed by atoms with Gasteiger partial charge in [-0.05, 0) is 76.8 Å². The number of ether oxygens (including phenoxy) is 3. The van der Waals surface area contributed by atoms with E-state index < -0.39 is 29.4 Å². The fourth-order valence-electron chi connectivity index (χ4n) is 3.47. The Labute approximate surface area is 215 Å². The van der Waals surface area contributed by atoms with E-state index in [4.69, 9.17) is 14.2 Å². The van der Waals surface area contributed by atoms with Gasteiger partial charge in [-0.15, -0.1) is 0 Å². The number of hydrogen-bond acceptors (Lipinski definition) is 5. The molecule has 0 radical (unpaired) electrons. The summed E-state index contributed by atoms with van der Waals surface area (Å²) < 4.78 is 16.5. The Balaban J connectivity index is 2.27. The highest BCUT2D eigenvalue weighted by Gasteiger charge is 2.26. The van der Waals surface area contributed by atoms with Crippen LogP contribution in [-0.2, 0) is 16.0 Å². The quantitative estimate of drug-likeness (QED) is 0.433. The van der Waals surface area contributed by atoms with Crippen molar-refractivity contribution in [3.63, 3.8) is 0 Å². The Morgan fingerprint density at radius 1 is 0.944 bits per heavy atom. The van der Waals surface area contributed by atoms with Crippen molar-refractivity contribution in [2.24, 2.45) is 0 Å². The summed E-state index contributed by atoms with van der Waals surface area (Å²) in [6.45, 7) is 15.8. The lowest BCUT2D eigenvalue weighted by atomic mass is 9.97. The molecule has 0 fully saturated rings. The molecule has 0 aromatic heterocycles. The molecule has 1 N–H and O–H groups in total. The second-order valence-electron chi connectivity index (χ2n) is 10.6. The molecule has 0 unspecified atom stereocenters. The average molecular weight is 497 g/mol. The number of carbonyl (C=O) groups excluding carboxylic acids is 2. The lowest BCUT2D eigenvalue weighted by molar-refractivity contribution is 0.0228. The molecule has 36 heavy (non-hydrogen) atoms. The molecule has 0 bridgehead atoms. The number of methoxy groups -OCH3 is 1. The molecular formula is C29H40N2O5. The second kappa shape index (κ2) is 12.5. The van der Waals surface area contributed by atoms with Crippen molar-refractivity contribution in [2.75, 3.05) is 13.7 Å². The van der Waals surface area contributed by atoms with Crippen molar-refractivity contribution in [1.82, 2.24) is 10.2 Å². The summed E-state index contributed by atoms with van der Waals surface area (Å²) in [4.78, 5) is 27.4. The summed E-state index contributed by atoms with van der Waals surface area (Å²) in [5.41, 5.74) is 1.24. The lowest BCUT2D eigenvalue weighted by Gasteiger charge is -2.30. The third kappa shape index (κ3) is 10.0. The van der Waals surface area contributed by atoms with Crippen LogP contribution in [0.1, 0.15) is 59.1 Å². The van der Waals surface area contributed by atoms with Crippen LogP contribution >= 0.6 is 0 Å². The van der Waals surface area contributed by atoms with Gasteiger partial charge in [-0.1, -0.05) is 49.0 Å². The van der Waals surface area contributed by atoms with E-state index >= 15 is 0 Å². The van der Waals surface area contributed by atoms with Crippen LogP contribution < -0.4 is 10.1 Å². The maximum atomic E-state index is 13.1. The molecule has 0 aliphatic heterocycles. The van der Waals surface area contributed by atoms with Crippen LogP contribution in [0.25, 0.3) is 5.57 Å². The molecule has 0 saturated carbocycles. The standard InChI is InChI=1S/C29H40N2O5/c1-21(23-14-10-9-11-15-23)25(30-26(32)35-28(2,3)4)17-18-31(27(33)36-29(5,6)7)20-22-13-12-16-24(19-22)34-8/h9-16,19,25H,1,17-18,20H2,2-8H3,(H,30,32)/t25-/m1/s1. The Hall–Kier alpha value is -3.48. The van der Waals surface area contributed by atoms with E-state index in [1.165, 1.54) is 0 Å². The molecule has 1 atom stereocenters. The molecule has 0 spiro atoms. The van der Waals surface area contributed by atoms with E-state index in [1.807, 2.05) is 96.1 Å². The van der Waals surface area contributed by atoms with Gasteiger partial charge in [-0.2, -0.15) is 0 Å². The topological polar surface area (TPSA) is 77.1 Å². The van der Waals surface area contributed by atoms with Crippen molar-refractivity contribution in [3.05, 3.63) is 72.3 Å². The normalized spacial score (nSPS) is 12.3. The van der Waals surface area contributed by atoms with Crippen molar-refractivity contribution in [3.8, 4) is 5.75 Å². The fourth-order valence-corrected chi connectivity index (χ4v) is 3.47. The molecule has 196 valence electrons. The zero-order valence-corrected chi connectivity index (χ0v) is 22.6. The second-order valence-corrected chi connectivity index (χ2v) is 10.6. The number of nitrogens with zero attached hydrogens (tertiary/aromatic N) is 1. The van der Waals surface area contributed by atoms with Gasteiger partial charge < -0.3 is 24.4 Å². The minimum absolute atomic E-state index is 0.318. The van der Waals surface area contributed by atoms with E-state index in [-0.39, 0.29) is 0 Å². The highest BCUT2D eigenvalue weighted by Crippen LogP contribution is 2.22. The number of alkyl carbamates (subject to hydrolysis) is 1. The molecule has 2 rings (SSSR count). The smallest absolute Gasteiger partial charge is 0.410 e. The SMILES string of the molecule is C=C(c1ccccc1)[C@@H](CCN(Cc1cccc(OC)c1)C(=O)OC(C)(C)C)NC(=O)OC(C)(C)C. The maximum Gasteiger partial charge on any atom is 0.410 e. The summed E-state index contributed by atoms with van der Waals surface area (Å²) in [5.74, 6) is 0.707. The first kappa shape index (κ1) is 28.8. The van der Waals surface area contributed by atoms with Gasteiger partial charge in [0.1, 0.15) is 17.0 Å². The zero-order chi connectivity index (χ0) is 26.9. The minimum atomic E-state index is -0.647. The Kier molecular flexibility index (Phi) is 9.96. The van der Waals surface area contributed by atoms with Crippen LogP contribution in [0, 0.1) is 0 Å². The predicted molar refractivity (Wildman–Crippen MR) is 143 cm³/mol. The van der Waals surface area contributed by atoms with Crippen LogP contribution in [0.2, 0.25) is 0 Å². The van der Waals surface area contributed by atoms with Gasteiger partial charge in [0.25, 0.3) is 0 Å². The largest absolute Gasteiger partial charge is 0.497 e. The number of benzene rings is 2. The average Bonchev–Trinajstić information content (AvgIpc) is 2.78. The highest BCUT2D eigenvalue weighted by molar-refractivity contribution is 5.75. The van der Waals surface area contributed by atoms with Crippen LogP contribution in [0.3, 0.4) is 0 Å². The van der Waals surface area contributed by atoms with Crippen LogP contribution in [0.15, 0.2) is 61.2 Å². The number of amides is 2. The van der Waals surface area contributed by atoms with Gasteiger partial charge >= 0.3 is 12.2 Å². The van der Waals surface area contributed by atoms with Crippen molar-refractivity contribution in [2.45, 2.75) is 71.8 Å². The van der Waals surface area contributed by atoms with E-state index in [9.17, 15) is 9.59 Å². The Morgan fingerprint density at radius 2 is 1.58 bits per heavy atom. The molecule has 0 heterocycles. The summed E-state index contributed by atoms with van der Waals surface area (Å²) in [7, 11) is 1.60. The fraction of sp³-hybridized carbons (Fsp3) is 0.448. The van der Waals surface area contributed by atoms with E-state index in [1.54, 1.807) is 12.0 Å². The van der Waals surface area contributed by atoms with E-state index in [0.717, 1.165) is 16.7 Å². The third-order valence-electron chi connectivity index (χ3n) is 5.10. The maximum absolute atomic E-state index is 13.1. The summed E-state index contributed by atoms with van der Waals surface area (Å²) in [6.07, 6.45) is -0.566. The monoisotopic (exact) mass is 496 g/mol. The first-order valence-electron chi connectivity index (χ1n) is 12.1. The van der Waals surface area contributed by atoms with Gasteiger partial charge in [0, 0.05) is 13.1 Å². The predicted octanol–water partition coefficient (Wildman–Crippen LogP) is 6.43. The molecule has 2 aromatic carbocycles. The zero-order valence-electron chi connectivity index (χ0n) is 22.6. The van der Waals surface area contributed by atoms with Crippen molar-refractivity contribution in [1.29, 1.82) is 0 Å². The Morgan fingerprint density at radius 3 is 2.17 bits per heavy atom. The third-order valence-corrected chi connectivity index (χ3v) is 5.10. The molecule has 0 aliphatic rings. The highest BCUT2D eigenvalue weighted by atomic mass is 16.6. The van der Waals surface area contributed by atoms with Gasteiger partial charge in [0.05, 0.1) is 13.2 Å². The number of carbonyl (C=O) groups is 2. The first-order chi connectivity index (χ1) is 16.8. The number of hydrogen-bond donors (Lipinski definition) is 1. The van der Waals surface area contributed by atoms with Gasteiger partial charge in [-0.25, -0.2) is 9.59 Å². The summed E-state index contributed by atoms with van der Waals surface area (Å²) >= 11 is 0. The molecular weight excluding hydrogens is 456 g/mol. The number of rotatable bonds is 9. The molecule has 2 amide bonds. The molecule has 0 saturated heterocycles. The summed E-state index contributed by atoms with van der Waals surface area (Å²) in [6, 6.07) is 16.7.